The minimum absolute atomic E-state index is 0.230. The monoisotopic (exact) mass is 539 g/mol. The van der Waals surface area contributed by atoms with Crippen LogP contribution in [0.3, 0.4) is 0 Å². The predicted molar refractivity (Wildman–Crippen MR) is 143 cm³/mol. The predicted octanol–water partition coefficient (Wildman–Crippen LogP) is 7.66. The second kappa shape index (κ2) is 10.1. The van der Waals surface area contributed by atoms with Crippen LogP contribution >= 0.6 is 34.5 Å². The Labute approximate surface area is 214 Å². The number of ether oxygens (including phenoxy) is 1. The summed E-state index contributed by atoms with van der Waals surface area (Å²) in [4.78, 5) is 3.01. The summed E-state index contributed by atoms with van der Waals surface area (Å²) in [6.07, 6.45) is 4.20. The van der Waals surface area contributed by atoms with Crippen LogP contribution in [0.4, 0.5) is 5.69 Å². The van der Waals surface area contributed by atoms with Gasteiger partial charge >= 0.3 is 0 Å². The van der Waals surface area contributed by atoms with E-state index in [4.69, 9.17) is 27.9 Å². The molecule has 1 aliphatic heterocycles. The van der Waals surface area contributed by atoms with E-state index in [9.17, 15) is 13.0 Å². The molecule has 0 saturated heterocycles. The number of nitrogens with zero attached hydrogens (tertiary/aromatic N) is 1. The molecule has 1 N–H and O–H groups in total. The number of halogens is 2. The van der Waals surface area contributed by atoms with E-state index in [1.807, 2.05) is 35.2 Å². The SMILES string of the molecule is CC(C)CCc1c(C=C2Oc3ccc(Cl)cc3N2CCC(C)S(=O)(=O)O)sc2ccc(Cl)cc12. The Morgan fingerprint density at radius 1 is 1.09 bits per heavy atom. The van der Waals surface area contributed by atoms with Gasteiger partial charge in [0.05, 0.1) is 10.9 Å². The van der Waals surface area contributed by atoms with E-state index >= 15 is 0 Å². The summed E-state index contributed by atoms with van der Waals surface area (Å²) in [5, 5.41) is 1.51. The maximum atomic E-state index is 11.6. The molecule has 0 saturated carbocycles. The molecule has 5 nitrogen and oxygen atoms in total. The van der Waals surface area contributed by atoms with Crippen molar-refractivity contribution in [2.75, 3.05) is 11.4 Å². The molecule has 0 bridgehead atoms. The molecule has 2 heterocycles. The Kier molecular flexibility index (Phi) is 7.50. The summed E-state index contributed by atoms with van der Waals surface area (Å²) in [7, 11) is -4.12. The van der Waals surface area contributed by atoms with Gasteiger partial charge in [-0.1, -0.05) is 37.0 Å². The standard InChI is InChI=1S/C25H27Cl2NO4S2/c1-15(2)4-7-19-20-12-17(26)6-9-23(20)33-24(19)14-25-28(11-10-16(3)34(29,30)31)21-13-18(27)5-8-22(21)32-25/h5-6,8-9,12-16H,4,7,10-11H2,1-3H3,(H,29,30,31). The topological polar surface area (TPSA) is 66.8 Å². The van der Waals surface area contributed by atoms with Gasteiger partial charge in [-0.15, -0.1) is 11.3 Å². The lowest BCUT2D eigenvalue weighted by molar-refractivity contribution is 0.439. The van der Waals surface area contributed by atoms with Crippen molar-refractivity contribution in [1.82, 2.24) is 0 Å². The summed E-state index contributed by atoms with van der Waals surface area (Å²) in [6.45, 7) is 6.25. The van der Waals surface area contributed by atoms with Gasteiger partial charge < -0.3 is 9.64 Å². The maximum absolute atomic E-state index is 11.6. The van der Waals surface area contributed by atoms with E-state index in [2.05, 4.69) is 13.8 Å². The minimum Gasteiger partial charge on any atom is -0.439 e. The lowest BCUT2D eigenvalue weighted by atomic mass is 10.00. The van der Waals surface area contributed by atoms with E-state index in [1.165, 1.54) is 12.5 Å². The quantitative estimate of drug-likeness (QED) is 0.297. The number of aryl methyl sites for hydroxylation is 1. The molecule has 3 aromatic rings. The fraction of sp³-hybridized carbons (Fsp3) is 0.360. The van der Waals surface area contributed by atoms with Gasteiger partial charge in [0, 0.05) is 32.2 Å². The number of thiophene rings is 1. The molecule has 2 aromatic carbocycles. The molecule has 0 aliphatic carbocycles. The summed E-state index contributed by atoms with van der Waals surface area (Å²) < 4.78 is 39.9. The highest BCUT2D eigenvalue weighted by Gasteiger charge is 2.29. The number of benzene rings is 2. The maximum Gasteiger partial charge on any atom is 0.267 e. The average molecular weight is 541 g/mol. The molecule has 0 spiro atoms. The third-order valence-corrected chi connectivity index (χ3v) is 8.85. The zero-order valence-corrected chi connectivity index (χ0v) is 22.4. The first kappa shape index (κ1) is 25.3. The molecule has 0 fully saturated rings. The average Bonchev–Trinajstić information content (AvgIpc) is 3.26. The Morgan fingerprint density at radius 2 is 1.79 bits per heavy atom. The highest BCUT2D eigenvalue weighted by molar-refractivity contribution is 7.86. The van der Waals surface area contributed by atoms with Crippen LogP contribution in [0, 0.1) is 5.92 Å². The molecule has 1 atom stereocenters. The van der Waals surface area contributed by atoms with Crippen molar-refractivity contribution in [2.24, 2.45) is 5.92 Å². The normalized spacial score (nSPS) is 15.9. The van der Waals surface area contributed by atoms with Crippen LogP contribution in [-0.4, -0.2) is 24.8 Å². The second-order valence-corrected chi connectivity index (χ2v) is 12.8. The van der Waals surface area contributed by atoms with Crippen molar-refractivity contribution in [3.63, 3.8) is 0 Å². The van der Waals surface area contributed by atoms with Crippen LogP contribution in [0.5, 0.6) is 5.75 Å². The summed E-state index contributed by atoms with van der Waals surface area (Å²) >= 11 is 14.2. The van der Waals surface area contributed by atoms with Crippen molar-refractivity contribution in [3.8, 4) is 5.75 Å². The molecular formula is C25H27Cl2NO4S2. The Hall–Kier alpha value is -1.77. The van der Waals surface area contributed by atoms with E-state index in [1.54, 1.807) is 23.5 Å². The van der Waals surface area contributed by atoms with Crippen molar-refractivity contribution in [1.29, 1.82) is 0 Å². The smallest absolute Gasteiger partial charge is 0.267 e. The van der Waals surface area contributed by atoms with Crippen LogP contribution in [0.25, 0.3) is 16.2 Å². The number of hydrogen-bond acceptors (Lipinski definition) is 5. The van der Waals surface area contributed by atoms with Gasteiger partial charge in [0.15, 0.2) is 5.75 Å². The van der Waals surface area contributed by atoms with Gasteiger partial charge in [-0.3, -0.25) is 4.55 Å². The Bertz CT molecular complexity index is 1350. The lowest BCUT2D eigenvalue weighted by Crippen LogP contribution is -2.27. The number of hydrogen-bond donors (Lipinski definition) is 1. The van der Waals surface area contributed by atoms with E-state index in [-0.39, 0.29) is 6.42 Å². The van der Waals surface area contributed by atoms with Crippen LogP contribution in [0.15, 0.2) is 42.3 Å². The molecule has 4 rings (SSSR count). The van der Waals surface area contributed by atoms with Crippen molar-refractivity contribution < 1.29 is 17.7 Å². The Balaban J connectivity index is 1.76. The molecule has 1 aliphatic rings. The fourth-order valence-corrected chi connectivity index (χ4v) is 5.83. The number of rotatable bonds is 8. The van der Waals surface area contributed by atoms with Gasteiger partial charge in [0.1, 0.15) is 0 Å². The number of anilines is 1. The van der Waals surface area contributed by atoms with Gasteiger partial charge in [-0.2, -0.15) is 8.42 Å². The van der Waals surface area contributed by atoms with Gasteiger partial charge in [-0.05, 0) is 79.5 Å². The second-order valence-electron chi connectivity index (χ2n) is 8.98. The van der Waals surface area contributed by atoms with E-state index in [0.717, 1.165) is 33.5 Å². The molecule has 1 aromatic heterocycles. The highest BCUT2D eigenvalue weighted by atomic mass is 35.5. The first-order chi connectivity index (χ1) is 16.0. The summed E-state index contributed by atoms with van der Waals surface area (Å²) in [5.74, 6) is 1.81. The molecule has 0 amide bonds. The third kappa shape index (κ3) is 5.55. The molecule has 1 unspecified atom stereocenters. The van der Waals surface area contributed by atoms with Crippen molar-refractivity contribution in [2.45, 2.75) is 45.3 Å². The van der Waals surface area contributed by atoms with Gasteiger partial charge in [0.2, 0.25) is 5.88 Å². The van der Waals surface area contributed by atoms with Crippen molar-refractivity contribution >= 4 is 66.5 Å². The van der Waals surface area contributed by atoms with Crippen LogP contribution in [0.1, 0.15) is 44.1 Å². The molecule has 0 radical (unpaired) electrons. The Morgan fingerprint density at radius 3 is 2.50 bits per heavy atom. The first-order valence-corrected chi connectivity index (χ1v) is 14.2. The summed E-state index contributed by atoms with van der Waals surface area (Å²) in [6, 6.07) is 11.3. The zero-order valence-electron chi connectivity index (χ0n) is 19.2. The van der Waals surface area contributed by atoms with Crippen LogP contribution in [0.2, 0.25) is 10.0 Å². The van der Waals surface area contributed by atoms with E-state index < -0.39 is 15.4 Å². The largest absolute Gasteiger partial charge is 0.439 e. The van der Waals surface area contributed by atoms with Gasteiger partial charge in [0.25, 0.3) is 10.1 Å². The zero-order chi connectivity index (χ0) is 24.6. The molecule has 9 heteroatoms. The van der Waals surface area contributed by atoms with Crippen LogP contribution < -0.4 is 9.64 Å². The minimum atomic E-state index is -4.12. The lowest BCUT2D eigenvalue weighted by Gasteiger charge is -2.20. The summed E-state index contributed by atoms with van der Waals surface area (Å²) in [5.41, 5.74) is 2.00. The number of fused-ring (bicyclic) bond motifs is 2. The third-order valence-electron chi connectivity index (χ3n) is 5.97. The molecular weight excluding hydrogens is 513 g/mol. The highest BCUT2D eigenvalue weighted by Crippen LogP contribution is 2.43. The molecule has 34 heavy (non-hydrogen) atoms. The molecule has 182 valence electrons. The first-order valence-electron chi connectivity index (χ1n) is 11.2. The van der Waals surface area contributed by atoms with Crippen molar-refractivity contribution in [3.05, 3.63) is 62.8 Å². The van der Waals surface area contributed by atoms with Gasteiger partial charge in [-0.25, -0.2) is 0 Å². The fourth-order valence-electron chi connectivity index (χ4n) is 3.93. The van der Waals surface area contributed by atoms with Crippen LogP contribution in [-0.2, 0) is 16.5 Å². The van der Waals surface area contributed by atoms with E-state index in [0.29, 0.717) is 34.1 Å².